The molecule has 1 aromatic carbocycles. The SMILES string of the molecule is Cc1ccn2c(-c3ccccc3)nnc2c1N. The standard InChI is InChI=1S/C13H12N4/c1-9-7-8-17-12(10-5-3-2-4-6-10)15-16-13(17)11(9)14/h2-8H,14H2,1H3. The predicted octanol–water partition coefficient (Wildman–Crippen LogP) is 2.29. The molecule has 0 aliphatic rings. The summed E-state index contributed by atoms with van der Waals surface area (Å²) < 4.78 is 1.91. The van der Waals surface area contributed by atoms with E-state index in [1.165, 1.54) is 0 Å². The Morgan fingerprint density at radius 2 is 1.82 bits per heavy atom. The number of nitrogens with zero attached hydrogens (tertiary/aromatic N) is 3. The number of fused-ring (bicyclic) bond motifs is 1. The van der Waals surface area contributed by atoms with Crippen LogP contribution in [0.1, 0.15) is 5.56 Å². The van der Waals surface area contributed by atoms with Gasteiger partial charge in [-0.2, -0.15) is 0 Å². The van der Waals surface area contributed by atoms with Gasteiger partial charge in [0.25, 0.3) is 0 Å². The highest BCUT2D eigenvalue weighted by atomic mass is 15.2. The first-order chi connectivity index (χ1) is 8.27. The predicted molar refractivity (Wildman–Crippen MR) is 67.6 cm³/mol. The van der Waals surface area contributed by atoms with Crippen molar-refractivity contribution in [2.75, 3.05) is 5.73 Å². The third-order valence-corrected chi connectivity index (χ3v) is 2.87. The largest absolute Gasteiger partial charge is 0.395 e. The van der Waals surface area contributed by atoms with Gasteiger partial charge in [-0.1, -0.05) is 30.3 Å². The fraction of sp³-hybridized carbons (Fsp3) is 0.0769. The summed E-state index contributed by atoms with van der Waals surface area (Å²) in [5, 5.41) is 8.34. The summed E-state index contributed by atoms with van der Waals surface area (Å²) in [6.45, 7) is 1.96. The summed E-state index contributed by atoms with van der Waals surface area (Å²) in [6.07, 6.45) is 1.95. The first kappa shape index (κ1) is 9.84. The number of pyridine rings is 1. The summed E-state index contributed by atoms with van der Waals surface area (Å²) in [4.78, 5) is 0. The van der Waals surface area contributed by atoms with Crippen LogP contribution >= 0.6 is 0 Å². The van der Waals surface area contributed by atoms with Gasteiger partial charge in [0.1, 0.15) is 0 Å². The minimum atomic E-state index is 0.683. The molecule has 0 unspecified atom stereocenters. The van der Waals surface area contributed by atoms with Crippen molar-refractivity contribution in [3.05, 3.63) is 48.2 Å². The fourth-order valence-corrected chi connectivity index (χ4v) is 1.85. The summed E-state index contributed by atoms with van der Waals surface area (Å²) in [5.74, 6) is 0.812. The summed E-state index contributed by atoms with van der Waals surface area (Å²) >= 11 is 0. The molecule has 0 fully saturated rings. The minimum absolute atomic E-state index is 0.683. The van der Waals surface area contributed by atoms with Crippen LogP contribution in [0.3, 0.4) is 0 Å². The van der Waals surface area contributed by atoms with E-state index in [-0.39, 0.29) is 0 Å². The lowest BCUT2D eigenvalue weighted by Crippen LogP contribution is -1.96. The van der Waals surface area contributed by atoms with E-state index in [1.807, 2.05) is 53.9 Å². The summed E-state index contributed by atoms with van der Waals surface area (Å²) in [7, 11) is 0. The second-order valence-electron chi connectivity index (χ2n) is 4.00. The number of aryl methyl sites for hydroxylation is 1. The van der Waals surface area contributed by atoms with Gasteiger partial charge in [0, 0.05) is 11.8 Å². The number of aromatic nitrogens is 3. The van der Waals surface area contributed by atoms with Crippen LogP contribution < -0.4 is 5.73 Å². The second-order valence-corrected chi connectivity index (χ2v) is 4.00. The quantitative estimate of drug-likeness (QED) is 0.690. The molecule has 0 saturated carbocycles. The first-order valence-corrected chi connectivity index (χ1v) is 5.42. The smallest absolute Gasteiger partial charge is 0.184 e. The lowest BCUT2D eigenvalue weighted by Gasteiger charge is -2.03. The monoisotopic (exact) mass is 224 g/mol. The molecule has 2 N–H and O–H groups in total. The number of hydrogen-bond donors (Lipinski definition) is 1. The Balaban J connectivity index is 2.30. The van der Waals surface area contributed by atoms with E-state index in [4.69, 9.17) is 5.73 Å². The highest BCUT2D eigenvalue weighted by Crippen LogP contribution is 2.22. The molecular formula is C13H12N4. The van der Waals surface area contributed by atoms with Gasteiger partial charge >= 0.3 is 0 Å². The Kier molecular flexibility index (Phi) is 2.08. The molecule has 2 heterocycles. The van der Waals surface area contributed by atoms with Crippen molar-refractivity contribution in [3.8, 4) is 11.4 Å². The van der Waals surface area contributed by atoms with Gasteiger partial charge in [-0.15, -0.1) is 10.2 Å². The van der Waals surface area contributed by atoms with Crippen LogP contribution in [0, 0.1) is 6.92 Å². The van der Waals surface area contributed by atoms with E-state index in [0.717, 1.165) is 17.0 Å². The normalized spacial score (nSPS) is 10.9. The van der Waals surface area contributed by atoms with E-state index in [2.05, 4.69) is 10.2 Å². The average Bonchev–Trinajstić information content (AvgIpc) is 2.79. The molecule has 0 atom stereocenters. The molecule has 0 bridgehead atoms. The molecule has 84 valence electrons. The highest BCUT2D eigenvalue weighted by Gasteiger charge is 2.10. The third-order valence-electron chi connectivity index (χ3n) is 2.87. The van der Waals surface area contributed by atoms with Crippen LogP contribution in [0.5, 0.6) is 0 Å². The maximum absolute atomic E-state index is 5.99. The highest BCUT2D eigenvalue weighted by molar-refractivity contribution is 5.71. The zero-order valence-corrected chi connectivity index (χ0v) is 9.46. The first-order valence-electron chi connectivity index (χ1n) is 5.42. The maximum Gasteiger partial charge on any atom is 0.184 e. The van der Waals surface area contributed by atoms with E-state index in [1.54, 1.807) is 0 Å². The van der Waals surface area contributed by atoms with Crippen molar-refractivity contribution >= 4 is 11.3 Å². The Morgan fingerprint density at radius 1 is 1.06 bits per heavy atom. The van der Waals surface area contributed by atoms with Crippen LogP contribution in [-0.4, -0.2) is 14.6 Å². The molecule has 4 nitrogen and oxygen atoms in total. The zero-order chi connectivity index (χ0) is 11.8. The second kappa shape index (κ2) is 3.59. The van der Waals surface area contributed by atoms with Crippen molar-refractivity contribution in [2.24, 2.45) is 0 Å². The maximum atomic E-state index is 5.99. The molecule has 0 aliphatic heterocycles. The average molecular weight is 224 g/mol. The van der Waals surface area contributed by atoms with Crippen molar-refractivity contribution in [2.45, 2.75) is 6.92 Å². The van der Waals surface area contributed by atoms with Crippen LogP contribution in [0.4, 0.5) is 5.69 Å². The van der Waals surface area contributed by atoms with E-state index >= 15 is 0 Å². The van der Waals surface area contributed by atoms with Crippen LogP contribution in [-0.2, 0) is 0 Å². The van der Waals surface area contributed by atoms with Gasteiger partial charge in [-0.3, -0.25) is 4.40 Å². The van der Waals surface area contributed by atoms with Crippen LogP contribution in [0.2, 0.25) is 0 Å². The van der Waals surface area contributed by atoms with Crippen LogP contribution in [0.25, 0.3) is 17.0 Å². The lowest BCUT2D eigenvalue weighted by molar-refractivity contribution is 1.11. The van der Waals surface area contributed by atoms with Crippen LogP contribution in [0.15, 0.2) is 42.6 Å². The Bertz CT molecular complexity index is 670. The third kappa shape index (κ3) is 1.45. The molecular weight excluding hydrogens is 212 g/mol. The van der Waals surface area contributed by atoms with Gasteiger partial charge in [0.15, 0.2) is 11.5 Å². The van der Waals surface area contributed by atoms with E-state index in [0.29, 0.717) is 11.3 Å². The summed E-state index contributed by atoms with van der Waals surface area (Å²) in [5.41, 5.74) is 9.43. The van der Waals surface area contributed by atoms with Gasteiger partial charge < -0.3 is 5.73 Å². The topological polar surface area (TPSA) is 56.2 Å². The molecule has 3 rings (SSSR count). The molecule has 2 aromatic heterocycles. The number of hydrogen-bond acceptors (Lipinski definition) is 3. The van der Waals surface area contributed by atoms with Gasteiger partial charge in [0.05, 0.1) is 5.69 Å². The van der Waals surface area contributed by atoms with Crippen molar-refractivity contribution in [1.29, 1.82) is 0 Å². The number of nitrogens with two attached hydrogens (primary N) is 1. The summed E-state index contributed by atoms with van der Waals surface area (Å²) in [6, 6.07) is 11.9. The Hall–Kier alpha value is -2.36. The zero-order valence-electron chi connectivity index (χ0n) is 9.46. The van der Waals surface area contributed by atoms with Crippen molar-refractivity contribution in [3.63, 3.8) is 0 Å². The van der Waals surface area contributed by atoms with Gasteiger partial charge in [-0.25, -0.2) is 0 Å². The van der Waals surface area contributed by atoms with Gasteiger partial charge in [0.2, 0.25) is 0 Å². The molecule has 0 spiro atoms. The molecule has 0 radical (unpaired) electrons. The van der Waals surface area contributed by atoms with Crippen molar-refractivity contribution < 1.29 is 0 Å². The molecule has 3 aromatic rings. The number of nitrogen functional groups attached to an aromatic ring is 1. The molecule has 0 aliphatic carbocycles. The number of rotatable bonds is 1. The lowest BCUT2D eigenvalue weighted by atomic mass is 10.2. The van der Waals surface area contributed by atoms with Gasteiger partial charge in [-0.05, 0) is 18.6 Å². The molecule has 0 saturated heterocycles. The fourth-order valence-electron chi connectivity index (χ4n) is 1.85. The Labute approximate surface area is 98.7 Å². The van der Waals surface area contributed by atoms with E-state index in [9.17, 15) is 0 Å². The van der Waals surface area contributed by atoms with E-state index < -0.39 is 0 Å². The minimum Gasteiger partial charge on any atom is -0.395 e. The molecule has 0 amide bonds. The Morgan fingerprint density at radius 3 is 2.59 bits per heavy atom. The molecule has 4 heteroatoms. The van der Waals surface area contributed by atoms with Crippen molar-refractivity contribution in [1.82, 2.24) is 14.6 Å². The number of benzene rings is 1. The molecule has 17 heavy (non-hydrogen) atoms. The number of anilines is 1.